The van der Waals surface area contributed by atoms with Gasteiger partial charge in [-0.25, -0.2) is 4.79 Å². The Labute approximate surface area is 166 Å². The second-order valence-corrected chi connectivity index (χ2v) is 6.21. The first-order chi connectivity index (χ1) is 13.9. The molecule has 3 aromatic rings. The van der Waals surface area contributed by atoms with Gasteiger partial charge in [0.05, 0.1) is 17.6 Å². The number of nitro benzene ring substituents is 1. The van der Waals surface area contributed by atoms with Crippen LogP contribution >= 0.6 is 0 Å². The molecule has 1 amide bonds. The molecule has 0 aliphatic rings. The summed E-state index contributed by atoms with van der Waals surface area (Å²) in [6.07, 6.45) is -1.02. The molecule has 29 heavy (non-hydrogen) atoms. The molecule has 0 bridgehead atoms. The summed E-state index contributed by atoms with van der Waals surface area (Å²) in [4.78, 5) is 34.8. The van der Waals surface area contributed by atoms with E-state index in [1.807, 2.05) is 36.4 Å². The highest BCUT2D eigenvalue weighted by Crippen LogP contribution is 2.30. The van der Waals surface area contributed by atoms with Gasteiger partial charge in [-0.05, 0) is 30.5 Å². The minimum atomic E-state index is -1.02. The van der Waals surface area contributed by atoms with Gasteiger partial charge >= 0.3 is 11.7 Å². The van der Waals surface area contributed by atoms with E-state index in [-0.39, 0.29) is 11.3 Å². The molecule has 0 fully saturated rings. The molecule has 0 spiro atoms. The highest BCUT2D eigenvalue weighted by Gasteiger charge is 2.23. The smallest absolute Gasteiger partial charge is 0.338 e. The Hall–Kier alpha value is -3.94. The van der Waals surface area contributed by atoms with Crippen LogP contribution in [0.15, 0.2) is 60.7 Å². The van der Waals surface area contributed by atoms with Gasteiger partial charge in [0.15, 0.2) is 11.9 Å². The monoisotopic (exact) mass is 394 g/mol. The van der Waals surface area contributed by atoms with E-state index in [1.54, 1.807) is 6.07 Å². The fraction of sp³-hybridized carbons (Fsp3) is 0.143. The van der Waals surface area contributed by atoms with Gasteiger partial charge in [0, 0.05) is 17.1 Å². The molecule has 0 saturated heterocycles. The molecule has 3 aromatic carbocycles. The van der Waals surface area contributed by atoms with Gasteiger partial charge in [0.2, 0.25) is 0 Å². The zero-order valence-corrected chi connectivity index (χ0v) is 15.7. The minimum absolute atomic E-state index is 0.0133. The number of ether oxygens (including phenoxy) is 2. The fourth-order valence-electron chi connectivity index (χ4n) is 2.82. The van der Waals surface area contributed by atoms with E-state index in [2.05, 4.69) is 10.1 Å². The largest absolute Gasteiger partial charge is 0.474 e. The molecule has 0 unspecified atom stereocenters. The number of carbonyl (C=O) groups excluding carboxylic acids is 2. The van der Waals surface area contributed by atoms with E-state index in [9.17, 15) is 19.7 Å². The Kier molecular flexibility index (Phi) is 5.73. The number of methoxy groups -OCH3 is 1. The van der Waals surface area contributed by atoms with Gasteiger partial charge in [-0.15, -0.1) is 0 Å². The summed E-state index contributed by atoms with van der Waals surface area (Å²) >= 11 is 0. The van der Waals surface area contributed by atoms with Crippen molar-refractivity contribution in [2.75, 3.05) is 12.4 Å². The summed E-state index contributed by atoms with van der Waals surface area (Å²) in [5.74, 6) is -1.29. The van der Waals surface area contributed by atoms with Crippen molar-refractivity contribution in [1.82, 2.24) is 0 Å². The third-order valence-corrected chi connectivity index (χ3v) is 4.30. The standard InChI is InChI=1S/C21H18N2O6/c1-13(20(24)22-17-9-5-7-14-6-3-4-8-16(14)17)29-19-11-10-15(21(25)28-2)12-18(19)23(26)27/h3-13H,1-2H3,(H,22,24)/t13-/m0/s1. The lowest BCUT2D eigenvalue weighted by molar-refractivity contribution is -0.386. The van der Waals surface area contributed by atoms with E-state index in [0.29, 0.717) is 5.69 Å². The Morgan fingerprint density at radius 1 is 1.07 bits per heavy atom. The van der Waals surface area contributed by atoms with Crippen LogP contribution in [0.5, 0.6) is 5.75 Å². The predicted octanol–water partition coefficient (Wildman–Crippen LogP) is 3.94. The zero-order chi connectivity index (χ0) is 21.0. The van der Waals surface area contributed by atoms with Crippen molar-refractivity contribution < 1.29 is 24.0 Å². The number of fused-ring (bicyclic) bond motifs is 1. The molecule has 8 heteroatoms. The maximum Gasteiger partial charge on any atom is 0.338 e. The molecule has 0 heterocycles. The molecule has 148 valence electrons. The maximum atomic E-state index is 12.6. The lowest BCUT2D eigenvalue weighted by Gasteiger charge is -2.16. The van der Waals surface area contributed by atoms with Crippen LogP contribution in [0, 0.1) is 10.1 Å². The number of nitrogens with one attached hydrogen (secondary N) is 1. The number of benzene rings is 3. The van der Waals surface area contributed by atoms with Crippen molar-refractivity contribution in [2.24, 2.45) is 0 Å². The number of carbonyl (C=O) groups is 2. The van der Waals surface area contributed by atoms with E-state index < -0.39 is 28.6 Å². The third kappa shape index (κ3) is 4.32. The molecule has 1 atom stereocenters. The summed E-state index contributed by atoms with van der Waals surface area (Å²) < 4.78 is 10.1. The lowest BCUT2D eigenvalue weighted by Crippen LogP contribution is -2.30. The first-order valence-corrected chi connectivity index (χ1v) is 8.72. The van der Waals surface area contributed by atoms with Crippen LogP contribution in [0.2, 0.25) is 0 Å². The number of nitrogens with zero attached hydrogens (tertiary/aromatic N) is 1. The van der Waals surface area contributed by atoms with Gasteiger partial charge in [-0.3, -0.25) is 14.9 Å². The van der Waals surface area contributed by atoms with Gasteiger partial charge in [-0.1, -0.05) is 36.4 Å². The van der Waals surface area contributed by atoms with Crippen molar-refractivity contribution in [3.8, 4) is 5.75 Å². The molecule has 8 nitrogen and oxygen atoms in total. The maximum absolute atomic E-state index is 12.6. The number of nitro groups is 1. The van der Waals surface area contributed by atoms with E-state index in [0.717, 1.165) is 16.8 Å². The quantitative estimate of drug-likeness (QED) is 0.385. The number of rotatable bonds is 6. The average molecular weight is 394 g/mol. The number of hydrogen-bond donors (Lipinski definition) is 1. The first kappa shape index (κ1) is 19.8. The molecule has 0 radical (unpaired) electrons. The van der Waals surface area contributed by atoms with Crippen molar-refractivity contribution in [1.29, 1.82) is 0 Å². The first-order valence-electron chi connectivity index (χ1n) is 8.72. The lowest BCUT2D eigenvalue weighted by atomic mass is 10.1. The molecule has 0 saturated carbocycles. The minimum Gasteiger partial charge on any atom is -0.474 e. The number of anilines is 1. The van der Waals surface area contributed by atoms with Crippen LogP contribution in [0.1, 0.15) is 17.3 Å². The molecule has 0 aliphatic heterocycles. The summed E-state index contributed by atoms with van der Waals surface area (Å²) in [7, 11) is 1.18. The van der Waals surface area contributed by atoms with Gasteiger partial charge in [0.1, 0.15) is 0 Å². The zero-order valence-electron chi connectivity index (χ0n) is 15.7. The highest BCUT2D eigenvalue weighted by atomic mass is 16.6. The van der Waals surface area contributed by atoms with Crippen LogP contribution < -0.4 is 10.1 Å². The number of esters is 1. The molecular weight excluding hydrogens is 376 g/mol. The summed E-state index contributed by atoms with van der Waals surface area (Å²) in [6, 6.07) is 16.7. The SMILES string of the molecule is COC(=O)c1ccc(O[C@@H](C)C(=O)Nc2cccc3ccccc23)c([N+](=O)[O-])c1. The van der Waals surface area contributed by atoms with Crippen LogP contribution in [-0.2, 0) is 9.53 Å². The van der Waals surface area contributed by atoms with Crippen molar-refractivity contribution in [3.05, 3.63) is 76.3 Å². The van der Waals surface area contributed by atoms with Crippen LogP contribution in [0.4, 0.5) is 11.4 Å². The predicted molar refractivity (Wildman–Crippen MR) is 107 cm³/mol. The van der Waals surface area contributed by atoms with Crippen molar-refractivity contribution in [2.45, 2.75) is 13.0 Å². The normalized spacial score (nSPS) is 11.5. The van der Waals surface area contributed by atoms with Crippen LogP contribution in [-0.4, -0.2) is 30.0 Å². The van der Waals surface area contributed by atoms with Gasteiger partial charge < -0.3 is 14.8 Å². The van der Waals surface area contributed by atoms with Gasteiger partial charge in [0.25, 0.3) is 5.91 Å². The second-order valence-electron chi connectivity index (χ2n) is 6.21. The fourth-order valence-corrected chi connectivity index (χ4v) is 2.82. The average Bonchev–Trinajstić information content (AvgIpc) is 2.73. The second kappa shape index (κ2) is 8.39. The Bertz CT molecular complexity index is 1090. The Balaban J connectivity index is 1.80. The number of amides is 1. The Morgan fingerprint density at radius 3 is 2.52 bits per heavy atom. The topological polar surface area (TPSA) is 108 Å². The number of hydrogen-bond acceptors (Lipinski definition) is 6. The van der Waals surface area contributed by atoms with Crippen molar-refractivity contribution >= 4 is 34.0 Å². The summed E-state index contributed by atoms with van der Waals surface area (Å²) in [5, 5.41) is 16.0. The molecule has 0 aliphatic carbocycles. The third-order valence-electron chi connectivity index (χ3n) is 4.30. The van der Waals surface area contributed by atoms with Crippen LogP contribution in [0.25, 0.3) is 10.8 Å². The molecule has 1 N–H and O–H groups in total. The molecular formula is C21H18N2O6. The summed E-state index contributed by atoms with van der Waals surface area (Å²) in [5.41, 5.74) is 0.191. The van der Waals surface area contributed by atoms with Gasteiger partial charge in [-0.2, -0.15) is 0 Å². The van der Waals surface area contributed by atoms with E-state index >= 15 is 0 Å². The van der Waals surface area contributed by atoms with Crippen molar-refractivity contribution in [3.63, 3.8) is 0 Å². The van der Waals surface area contributed by atoms with Crippen LogP contribution in [0.3, 0.4) is 0 Å². The molecule has 0 aromatic heterocycles. The van der Waals surface area contributed by atoms with E-state index in [4.69, 9.17) is 4.74 Å². The highest BCUT2D eigenvalue weighted by molar-refractivity contribution is 6.03. The molecule has 3 rings (SSSR count). The van der Waals surface area contributed by atoms with E-state index in [1.165, 1.54) is 26.2 Å². The Morgan fingerprint density at radius 2 is 1.79 bits per heavy atom. The summed E-state index contributed by atoms with van der Waals surface area (Å²) in [6.45, 7) is 1.48.